The van der Waals surface area contributed by atoms with Gasteiger partial charge in [0.1, 0.15) is 12.4 Å². The maximum absolute atomic E-state index is 13.3. The van der Waals surface area contributed by atoms with Crippen LogP contribution < -0.4 is 4.31 Å². The molecule has 0 bridgehead atoms. The quantitative estimate of drug-likeness (QED) is 0.621. The lowest BCUT2D eigenvalue weighted by Gasteiger charge is -2.30. The van der Waals surface area contributed by atoms with Crippen molar-refractivity contribution in [2.24, 2.45) is 0 Å². The second-order valence-electron chi connectivity index (χ2n) is 6.74. The lowest BCUT2D eigenvalue weighted by atomic mass is 10.1. The molecule has 1 aliphatic rings. The van der Waals surface area contributed by atoms with Gasteiger partial charge in [0.15, 0.2) is 0 Å². The molecular weight excluding hydrogens is 411 g/mol. The summed E-state index contributed by atoms with van der Waals surface area (Å²) in [7, 11) is -4.03. The average molecular weight is 431 g/mol. The summed E-state index contributed by atoms with van der Waals surface area (Å²) in [6, 6.07) is 15.1. The van der Waals surface area contributed by atoms with E-state index in [1.54, 1.807) is 46.6 Å². The summed E-state index contributed by atoms with van der Waals surface area (Å²) in [6.07, 6.45) is 0.773. The Morgan fingerprint density at radius 2 is 1.79 bits per heavy atom. The SMILES string of the molecule is O=C(CN(c1ccccc1)S(=O)(=O)c1ccc(F)cc1)N1CCc2sccc2C1. The van der Waals surface area contributed by atoms with Gasteiger partial charge in [-0.2, -0.15) is 0 Å². The lowest BCUT2D eigenvalue weighted by Crippen LogP contribution is -2.44. The van der Waals surface area contributed by atoms with Crippen LogP contribution in [-0.4, -0.2) is 32.3 Å². The summed E-state index contributed by atoms with van der Waals surface area (Å²) >= 11 is 1.68. The van der Waals surface area contributed by atoms with Crippen LogP contribution in [0.5, 0.6) is 0 Å². The predicted molar refractivity (Wildman–Crippen MR) is 111 cm³/mol. The first-order valence-corrected chi connectivity index (χ1v) is 11.4. The van der Waals surface area contributed by atoms with E-state index in [9.17, 15) is 17.6 Å². The number of anilines is 1. The zero-order chi connectivity index (χ0) is 20.4. The molecule has 1 amide bonds. The maximum atomic E-state index is 13.3. The highest BCUT2D eigenvalue weighted by molar-refractivity contribution is 7.92. The summed E-state index contributed by atoms with van der Waals surface area (Å²) in [6.45, 7) is 0.728. The molecule has 8 heteroatoms. The largest absolute Gasteiger partial charge is 0.336 e. The zero-order valence-corrected chi connectivity index (χ0v) is 17.1. The monoisotopic (exact) mass is 430 g/mol. The van der Waals surface area contributed by atoms with Gasteiger partial charge in [-0.05, 0) is 59.8 Å². The summed E-state index contributed by atoms with van der Waals surface area (Å²) in [5, 5.41) is 2.01. The molecule has 0 unspecified atom stereocenters. The second kappa shape index (κ2) is 7.96. The number of benzene rings is 2. The van der Waals surface area contributed by atoms with E-state index in [0.29, 0.717) is 18.8 Å². The van der Waals surface area contributed by atoms with Crippen LogP contribution in [-0.2, 0) is 27.8 Å². The van der Waals surface area contributed by atoms with Gasteiger partial charge in [-0.25, -0.2) is 12.8 Å². The minimum Gasteiger partial charge on any atom is -0.336 e. The number of sulfonamides is 1. The van der Waals surface area contributed by atoms with E-state index in [1.165, 1.54) is 17.0 Å². The van der Waals surface area contributed by atoms with Crippen LogP contribution in [0.15, 0.2) is 70.9 Å². The number of carbonyl (C=O) groups is 1. The van der Waals surface area contributed by atoms with Crippen LogP contribution >= 0.6 is 11.3 Å². The van der Waals surface area contributed by atoms with Crippen molar-refractivity contribution in [1.29, 1.82) is 0 Å². The smallest absolute Gasteiger partial charge is 0.264 e. The molecule has 0 fully saturated rings. The number of hydrogen-bond acceptors (Lipinski definition) is 4. The van der Waals surface area contributed by atoms with Gasteiger partial charge in [0.25, 0.3) is 10.0 Å². The second-order valence-corrected chi connectivity index (χ2v) is 9.60. The molecule has 0 radical (unpaired) electrons. The molecule has 150 valence electrons. The molecule has 3 aromatic rings. The van der Waals surface area contributed by atoms with Crippen molar-refractivity contribution < 1.29 is 17.6 Å². The van der Waals surface area contributed by atoms with Crippen molar-refractivity contribution in [1.82, 2.24) is 4.90 Å². The highest BCUT2D eigenvalue weighted by atomic mass is 32.2. The fourth-order valence-corrected chi connectivity index (χ4v) is 5.63. The fraction of sp³-hybridized carbons (Fsp3) is 0.190. The molecule has 5 nitrogen and oxygen atoms in total. The minimum absolute atomic E-state index is 0.0608. The molecule has 2 heterocycles. The minimum atomic E-state index is -4.03. The van der Waals surface area contributed by atoms with E-state index in [2.05, 4.69) is 0 Å². The molecule has 1 aliphatic heterocycles. The molecule has 0 atom stereocenters. The van der Waals surface area contributed by atoms with Crippen molar-refractivity contribution in [3.63, 3.8) is 0 Å². The number of nitrogens with zero attached hydrogens (tertiary/aromatic N) is 2. The molecule has 2 aromatic carbocycles. The molecule has 0 saturated heterocycles. The van der Waals surface area contributed by atoms with Gasteiger partial charge in [0, 0.05) is 18.0 Å². The fourth-order valence-electron chi connectivity index (χ4n) is 3.33. The number of halogens is 1. The van der Waals surface area contributed by atoms with Crippen molar-refractivity contribution in [2.45, 2.75) is 17.9 Å². The number of rotatable bonds is 5. The standard InChI is InChI=1S/C21H19FN2O3S2/c22-17-6-8-19(9-7-17)29(26,27)24(18-4-2-1-3-5-18)15-21(25)23-12-10-20-16(14-23)11-13-28-20/h1-9,11,13H,10,12,14-15H2. The predicted octanol–water partition coefficient (Wildman–Crippen LogP) is 3.67. The normalized spacial score (nSPS) is 13.8. The van der Waals surface area contributed by atoms with Gasteiger partial charge >= 0.3 is 0 Å². The first-order chi connectivity index (χ1) is 13.9. The van der Waals surface area contributed by atoms with Crippen LogP contribution in [0.4, 0.5) is 10.1 Å². The lowest BCUT2D eigenvalue weighted by molar-refractivity contribution is -0.130. The van der Waals surface area contributed by atoms with E-state index in [1.807, 2.05) is 11.4 Å². The maximum Gasteiger partial charge on any atom is 0.264 e. The number of amides is 1. The first kappa shape index (κ1) is 19.6. The summed E-state index contributed by atoms with van der Waals surface area (Å²) in [5.74, 6) is -0.789. The number of carbonyl (C=O) groups excluding carboxylic acids is 1. The Hall–Kier alpha value is -2.71. The Balaban J connectivity index is 1.63. The van der Waals surface area contributed by atoms with Gasteiger partial charge in [-0.1, -0.05) is 18.2 Å². The molecule has 0 aliphatic carbocycles. The number of fused-ring (bicyclic) bond motifs is 1. The van der Waals surface area contributed by atoms with Crippen LogP contribution in [0.25, 0.3) is 0 Å². The van der Waals surface area contributed by atoms with Gasteiger partial charge in [-0.3, -0.25) is 9.10 Å². The number of para-hydroxylation sites is 1. The molecule has 0 saturated carbocycles. The van der Waals surface area contributed by atoms with E-state index >= 15 is 0 Å². The molecular formula is C21H19FN2O3S2. The topological polar surface area (TPSA) is 57.7 Å². The summed E-state index contributed by atoms with van der Waals surface area (Å²) in [5.41, 5.74) is 1.50. The van der Waals surface area contributed by atoms with Gasteiger partial charge in [0.2, 0.25) is 5.91 Å². The van der Waals surface area contributed by atoms with Gasteiger partial charge in [0.05, 0.1) is 10.6 Å². The van der Waals surface area contributed by atoms with Gasteiger partial charge < -0.3 is 4.90 Å². The third-order valence-corrected chi connectivity index (χ3v) is 7.70. The van der Waals surface area contributed by atoms with E-state index < -0.39 is 15.8 Å². The first-order valence-electron chi connectivity index (χ1n) is 9.11. The van der Waals surface area contributed by atoms with Crippen LogP contribution in [0.1, 0.15) is 10.4 Å². The number of hydrogen-bond donors (Lipinski definition) is 0. The van der Waals surface area contributed by atoms with Crippen LogP contribution in [0.3, 0.4) is 0 Å². The van der Waals surface area contributed by atoms with Crippen molar-refractivity contribution in [3.05, 3.63) is 82.3 Å². The molecule has 0 N–H and O–H groups in total. The van der Waals surface area contributed by atoms with Crippen molar-refractivity contribution in [2.75, 3.05) is 17.4 Å². The van der Waals surface area contributed by atoms with Crippen LogP contribution in [0, 0.1) is 5.82 Å². The Bertz CT molecular complexity index is 1110. The summed E-state index contributed by atoms with van der Waals surface area (Å²) in [4.78, 5) is 15.9. The Morgan fingerprint density at radius 1 is 1.07 bits per heavy atom. The summed E-state index contributed by atoms with van der Waals surface area (Å²) < 4.78 is 40.9. The van der Waals surface area contributed by atoms with Gasteiger partial charge in [-0.15, -0.1) is 11.3 Å². The Morgan fingerprint density at radius 3 is 2.52 bits per heavy atom. The number of thiophene rings is 1. The molecule has 29 heavy (non-hydrogen) atoms. The third kappa shape index (κ3) is 4.04. The van der Waals surface area contributed by atoms with E-state index in [-0.39, 0.29) is 17.3 Å². The van der Waals surface area contributed by atoms with Crippen molar-refractivity contribution in [3.8, 4) is 0 Å². The molecule has 1 aromatic heterocycles. The third-order valence-electron chi connectivity index (χ3n) is 4.89. The van der Waals surface area contributed by atoms with E-state index in [4.69, 9.17) is 0 Å². The Kier molecular flexibility index (Phi) is 5.38. The highest BCUT2D eigenvalue weighted by Crippen LogP contribution is 2.26. The molecule has 4 rings (SSSR count). The average Bonchev–Trinajstić information content (AvgIpc) is 3.20. The van der Waals surface area contributed by atoms with Crippen molar-refractivity contribution >= 4 is 33.0 Å². The zero-order valence-electron chi connectivity index (χ0n) is 15.5. The van der Waals surface area contributed by atoms with Crippen LogP contribution in [0.2, 0.25) is 0 Å². The molecule has 0 spiro atoms. The van der Waals surface area contributed by atoms with E-state index in [0.717, 1.165) is 28.4 Å². The highest BCUT2D eigenvalue weighted by Gasteiger charge is 2.30. The Labute approximate surface area is 173 Å².